The maximum absolute atomic E-state index is 12.3. The average Bonchev–Trinajstić information content (AvgIpc) is 2.82. The summed E-state index contributed by atoms with van der Waals surface area (Å²) < 4.78 is 0. The maximum Gasteiger partial charge on any atom is 0.267 e. The van der Waals surface area contributed by atoms with Gasteiger partial charge in [0.25, 0.3) is 5.91 Å². The van der Waals surface area contributed by atoms with Gasteiger partial charge in [0.1, 0.15) is 4.88 Å². The zero-order chi connectivity index (χ0) is 15.4. The third kappa shape index (κ3) is 3.66. The summed E-state index contributed by atoms with van der Waals surface area (Å²) >= 11 is 1.18. The van der Waals surface area contributed by atoms with E-state index in [1.807, 2.05) is 31.2 Å². The predicted octanol–water partition coefficient (Wildman–Crippen LogP) is 3.36. The molecular weight excluding hydrogens is 286 g/mol. The Bertz CT molecular complexity index is 679. The topological polar surface area (TPSA) is 71.1 Å². The number of aryl methyl sites for hydroxylation is 2. The van der Waals surface area contributed by atoms with Crippen molar-refractivity contribution in [2.45, 2.75) is 27.2 Å². The van der Waals surface area contributed by atoms with E-state index in [4.69, 9.17) is 0 Å². The quantitative estimate of drug-likeness (QED) is 0.909. The van der Waals surface area contributed by atoms with E-state index in [0.717, 1.165) is 11.3 Å². The molecule has 0 atom stereocenters. The number of anilines is 2. The van der Waals surface area contributed by atoms with Crippen molar-refractivity contribution in [1.82, 2.24) is 4.98 Å². The van der Waals surface area contributed by atoms with Crippen LogP contribution in [0, 0.1) is 13.8 Å². The van der Waals surface area contributed by atoms with Crippen LogP contribution < -0.4 is 10.6 Å². The summed E-state index contributed by atoms with van der Waals surface area (Å²) in [5.74, 6) is -0.328. The molecule has 0 saturated heterocycles. The van der Waals surface area contributed by atoms with Gasteiger partial charge in [-0.15, -0.1) is 0 Å². The second-order valence-electron chi connectivity index (χ2n) is 4.60. The fraction of sp³-hybridized carbons (Fsp3) is 0.267. The van der Waals surface area contributed by atoms with Gasteiger partial charge in [0.2, 0.25) is 5.91 Å². The second-order valence-corrected chi connectivity index (χ2v) is 5.60. The van der Waals surface area contributed by atoms with Crippen LogP contribution in [0.15, 0.2) is 24.3 Å². The van der Waals surface area contributed by atoms with Gasteiger partial charge in [0.05, 0.1) is 5.69 Å². The van der Waals surface area contributed by atoms with E-state index in [1.165, 1.54) is 11.3 Å². The number of thiazole rings is 1. The van der Waals surface area contributed by atoms with Gasteiger partial charge < -0.3 is 10.6 Å². The minimum Gasteiger partial charge on any atom is -0.321 e. The minimum atomic E-state index is -0.212. The summed E-state index contributed by atoms with van der Waals surface area (Å²) in [6, 6.07) is 7.57. The molecular formula is C15H17N3O2S. The number of carbonyl (C=O) groups is 2. The first-order valence-corrected chi connectivity index (χ1v) is 7.47. The SMILES string of the molecule is CCC(=O)Nc1nc(C)c(C(=O)Nc2ccccc2C)s1. The van der Waals surface area contributed by atoms with Gasteiger partial charge in [0.15, 0.2) is 5.13 Å². The standard InChI is InChI=1S/C15H17N3O2S/c1-4-12(19)18-15-16-10(3)13(21-15)14(20)17-11-8-6-5-7-9(11)2/h5-8H,4H2,1-3H3,(H,17,20)(H,16,18,19). The Morgan fingerprint density at radius 3 is 2.57 bits per heavy atom. The number of carbonyl (C=O) groups excluding carboxylic acids is 2. The molecule has 2 aromatic rings. The molecule has 21 heavy (non-hydrogen) atoms. The van der Waals surface area contributed by atoms with Crippen LogP contribution in [-0.2, 0) is 4.79 Å². The predicted molar refractivity (Wildman–Crippen MR) is 84.9 cm³/mol. The lowest BCUT2D eigenvalue weighted by atomic mass is 10.2. The van der Waals surface area contributed by atoms with Crippen LogP contribution in [0.5, 0.6) is 0 Å². The average molecular weight is 303 g/mol. The number of nitrogens with one attached hydrogen (secondary N) is 2. The molecule has 6 heteroatoms. The molecule has 110 valence electrons. The highest BCUT2D eigenvalue weighted by Crippen LogP contribution is 2.24. The van der Waals surface area contributed by atoms with Crippen LogP contribution in [0.4, 0.5) is 10.8 Å². The highest BCUT2D eigenvalue weighted by atomic mass is 32.1. The molecule has 1 aromatic heterocycles. The molecule has 0 radical (unpaired) electrons. The normalized spacial score (nSPS) is 10.2. The van der Waals surface area contributed by atoms with Crippen LogP contribution in [-0.4, -0.2) is 16.8 Å². The van der Waals surface area contributed by atoms with Gasteiger partial charge in [-0.3, -0.25) is 9.59 Å². The fourth-order valence-corrected chi connectivity index (χ4v) is 2.64. The fourth-order valence-electron chi connectivity index (χ4n) is 1.76. The highest BCUT2D eigenvalue weighted by molar-refractivity contribution is 7.17. The summed E-state index contributed by atoms with van der Waals surface area (Å²) in [5, 5.41) is 5.99. The molecule has 0 spiro atoms. The minimum absolute atomic E-state index is 0.116. The monoisotopic (exact) mass is 303 g/mol. The number of aromatic nitrogens is 1. The molecule has 0 aliphatic carbocycles. The van der Waals surface area contributed by atoms with Gasteiger partial charge in [0, 0.05) is 12.1 Å². The number of rotatable bonds is 4. The number of hydrogen-bond acceptors (Lipinski definition) is 4. The Balaban J connectivity index is 2.16. The van der Waals surface area contributed by atoms with Crippen LogP contribution >= 0.6 is 11.3 Å². The number of para-hydroxylation sites is 1. The molecule has 2 N–H and O–H groups in total. The molecule has 0 unspecified atom stereocenters. The first kappa shape index (κ1) is 15.2. The number of hydrogen-bond donors (Lipinski definition) is 2. The van der Waals surface area contributed by atoms with E-state index in [9.17, 15) is 9.59 Å². The first-order valence-electron chi connectivity index (χ1n) is 6.65. The molecule has 2 amide bonds. The van der Waals surface area contributed by atoms with Crippen LogP contribution in [0.2, 0.25) is 0 Å². The lowest BCUT2D eigenvalue weighted by molar-refractivity contribution is -0.115. The smallest absolute Gasteiger partial charge is 0.267 e. The largest absolute Gasteiger partial charge is 0.321 e. The molecule has 5 nitrogen and oxygen atoms in total. The summed E-state index contributed by atoms with van der Waals surface area (Å²) in [7, 11) is 0. The molecule has 0 bridgehead atoms. The Morgan fingerprint density at radius 2 is 1.90 bits per heavy atom. The van der Waals surface area contributed by atoms with Crippen LogP contribution in [0.3, 0.4) is 0 Å². The Kier molecular flexibility index (Phi) is 4.70. The molecule has 0 saturated carbocycles. The van der Waals surface area contributed by atoms with Gasteiger partial charge in [-0.05, 0) is 25.5 Å². The molecule has 1 heterocycles. The van der Waals surface area contributed by atoms with Gasteiger partial charge in [-0.2, -0.15) is 0 Å². The van der Waals surface area contributed by atoms with Gasteiger partial charge in [-0.1, -0.05) is 36.5 Å². The summed E-state index contributed by atoms with van der Waals surface area (Å²) in [6.07, 6.45) is 0.378. The van der Waals surface area contributed by atoms with Crippen molar-refractivity contribution < 1.29 is 9.59 Å². The van der Waals surface area contributed by atoms with Crippen molar-refractivity contribution in [1.29, 1.82) is 0 Å². The maximum atomic E-state index is 12.3. The molecule has 1 aromatic carbocycles. The van der Waals surface area contributed by atoms with Crippen molar-refractivity contribution >= 4 is 34.0 Å². The van der Waals surface area contributed by atoms with E-state index >= 15 is 0 Å². The zero-order valence-electron chi connectivity index (χ0n) is 12.2. The number of amides is 2. The van der Waals surface area contributed by atoms with Crippen molar-refractivity contribution in [2.75, 3.05) is 10.6 Å². The molecule has 0 fully saturated rings. The third-order valence-corrected chi connectivity index (χ3v) is 4.04. The van der Waals surface area contributed by atoms with E-state index < -0.39 is 0 Å². The van der Waals surface area contributed by atoms with Gasteiger partial charge in [-0.25, -0.2) is 4.98 Å². The number of benzene rings is 1. The molecule has 0 aliphatic rings. The van der Waals surface area contributed by atoms with Crippen molar-refractivity contribution in [3.63, 3.8) is 0 Å². The second kappa shape index (κ2) is 6.49. The first-order chi connectivity index (χ1) is 10.0. The van der Waals surface area contributed by atoms with E-state index in [2.05, 4.69) is 15.6 Å². The summed E-state index contributed by atoms with van der Waals surface area (Å²) in [6.45, 7) is 5.45. The molecule has 0 aliphatic heterocycles. The van der Waals surface area contributed by atoms with Gasteiger partial charge >= 0.3 is 0 Å². The van der Waals surface area contributed by atoms with Crippen LogP contribution in [0.1, 0.15) is 34.3 Å². The lowest BCUT2D eigenvalue weighted by Crippen LogP contribution is -2.12. The Hall–Kier alpha value is -2.21. The van der Waals surface area contributed by atoms with Crippen molar-refractivity contribution in [3.05, 3.63) is 40.4 Å². The zero-order valence-corrected chi connectivity index (χ0v) is 13.0. The summed E-state index contributed by atoms with van der Waals surface area (Å²) in [4.78, 5) is 28.4. The Labute approximate surface area is 127 Å². The Morgan fingerprint density at radius 1 is 1.19 bits per heavy atom. The lowest BCUT2D eigenvalue weighted by Gasteiger charge is -2.06. The van der Waals surface area contributed by atoms with Crippen LogP contribution in [0.25, 0.3) is 0 Å². The third-order valence-electron chi connectivity index (χ3n) is 2.96. The highest BCUT2D eigenvalue weighted by Gasteiger charge is 2.16. The van der Waals surface area contributed by atoms with E-state index in [0.29, 0.717) is 22.1 Å². The van der Waals surface area contributed by atoms with E-state index in [1.54, 1.807) is 13.8 Å². The van der Waals surface area contributed by atoms with Crippen molar-refractivity contribution in [3.8, 4) is 0 Å². The summed E-state index contributed by atoms with van der Waals surface area (Å²) in [5.41, 5.74) is 2.37. The van der Waals surface area contributed by atoms with Crippen molar-refractivity contribution in [2.24, 2.45) is 0 Å². The van der Waals surface area contributed by atoms with E-state index in [-0.39, 0.29) is 11.8 Å². The number of nitrogens with zero attached hydrogens (tertiary/aromatic N) is 1. The molecule has 2 rings (SSSR count).